The van der Waals surface area contributed by atoms with Crippen molar-refractivity contribution >= 4 is 11.9 Å². The molecule has 0 aromatic carbocycles. The third-order valence-corrected chi connectivity index (χ3v) is 3.73. The summed E-state index contributed by atoms with van der Waals surface area (Å²) in [6.07, 6.45) is 3.74. The van der Waals surface area contributed by atoms with Crippen molar-refractivity contribution in [3.05, 3.63) is 0 Å². The van der Waals surface area contributed by atoms with Crippen molar-refractivity contribution in [2.75, 3.05) is 19.6 Å². The van der Waals surface area contributed by atoms with Crippen LogP contribution >= 0.6 is 0 Å². The minimum Gasteiger partial charge on any atom is -0.481 e. The second-order valence-electron chi connectivity index (χ2n) is 6.31. The number of amides is 1. The summed E-state index contributed by atoms with van der Waals surface area (Å²) in [5.74, 6) is 0.158. The normalized spacial score (nSPS) is 20.6. The predicted molar refractivity (Wildman–Crippen MR) is 78.4 cm³/mol. The van der Waals surface area contributed by atoms with Crippen LogP contribution in [-0.4, -0.2) is 36.6 Å². The van der Waals surface area contributed by atoms with Crippen LogP contribution in [0.1, 0.15) is 46.0 Å². The molecule has 1 rings (SSSR count). The Morgan fingerprint density at radius 1 is 1.40 bits per heavy atom. The van der Waals surface area contributed by atoms with Gasteiger partial charge in [-0.2, -0.15) is 0 Å². The molecule has 116 valence electrons. The van der Waals surface area contributed by atoms with Gasteiger partial charge in [-0.1, -0.05) is 13.8 Å². The molecule has 0 saturated carbocycles. The highest BCUT2D eigenvalue weighted by Gasteiger charge is 2.19. The lowest BCUT2D eigenvalue weighted by molar-refractivity contribution is -0.138. The second-order valence-corrected chi connectivity index (χ2v) is 6.31. The third kappa shape index (κ3) is 7.48. The number of hydrogen-bond donors (Lipinski definition) is 3. The van der Waals surface area contributed by atoms with E-state index in [1.165, 1.54) is 0 Å². The summed E-state index contributed by atoms with van der Waals surface area (Å²) in [7, 11) is 0. The molecule has 1 heterocycles. The number of hydrogen-bond acceptors (Lipinski definition) is 3. The number of nitrogens with one attached hydrogen (secondary N) is 2. The second kappa shape index (κ2) is 8.95. The summed E-state index contributed by atoms with van der Waals surface area (Å²) in [5.41, 5.74) is 0. The van der Waals surface area contributed by atoms with Crippen molar-refractivity contribution in [1.29, 1.82) is 0 Å². The van der Waals surface area contributed by atoms with Gasteiger partial charge < -0.3 is 15.7 Å². The maximum Gasteiger partial charge on any atom is 0.303 e. The van der Waals surface area contributed by atoms with Crippen LogP contribution < -0.4 is 10.6 Å². The van der Waals surface area contributed by atoms with E-state index < -0.39 is 5.97 Å². The van der Waals surface area contributed by atoms with Gasteiger partial charge >= 0.3 is 5.97 Å². The Hall–Kier alpha value is -1.10. The maximum absolute atomic E-state index is 11.9. The first-order valence-electron chi connectivity index (χ1n) is 7.66. The van der Waals surface area contributed by atoms with Gasteiger partial charge in [0.25, 0.3) is 0 Å². The van der Waals surface area contributed by atoms with Crippen LogP contribution in [0.25, 0.3) is 0 Å². The molecule has 0 radical (unpaired) electrons. The first kappa shape index (κ1) is 17.0. The van der Waals surface area contributed by atoms with Crippen molar-refractivity contribution in [3.8, 4) is 0 Å². The molecule has 5 nitrogen and oxygen atoms in total. The number of piperidine rings is 1. The fraction of sp³-hybridized carbons (Fsp3) is 0.867. The summed E-state index contributed by atoms with van der Waals surface area (Å²) in [6, 6.07) is 0. The van der Waals surface area contributed by atoms with Crippen molar-refractivity contribution in [2.45, 2.75) is 46.0 Å². The minimum atomic E-state index is -0.790. The third-order valence-electron chi connectivity index (χ3n) is 3.73. The quantitative estimate of drug-likeness (QED) is 0.633. The van der Waals surface area contributed by atoms with E-state index in [1.807, 2.05) is 0 Å². The van der Waals surface area contributed by atoms with Gasteiger partial charge in [0.1, 0.15) is 0 Å². The Morgan fingerprint density at radius 2 is 2.15 bits per heavy atom. The molecule has 0 spiro atoms. The van der Waals surface area contributed by atoms with Crippen LogP contribution in [0.15, 0.2) is 0 Å². The highest BCUT2D eigenvalue weighted by atomic mass is 16.4. The van der Waals surface area contributed by atoms with E-state index in [2.05, 4.69) is 24.5 Å². The van der Waals surface area contributed by atoms with E-state index in [0.29, 0.717) is 24.8 Å². The van der Waals surface area contributed by atoms with Crippen LogP contribution in [-0.2, 0) is 9.59 Å². The van der Waals surface area contributed by atoms with Gasteiger partial charge in [0.2, 0.25) is 5.91 Å². The number of rotatable bonds is 8. The van der Waals surface area contributed by atoms with Crippen LogP contribution in [0.3, 0.4) is 0 Å². The first-order chi connectivity index (χ1) is 9.47. The maximum atomic E-state index is 11.9. The molecule has 5 heteroatoms. The standard InChI is InChI=1S/C15H28N2O3/c1-11(2)6-13(8-15(19)20)10-17-14(18)7-12-4-3-5-16-9-12/h11-13,16H,3-10H2,1-2H3,(H,17,18)(H,19,20). The van der Waals surface area contributed by atoms with Crippen molar-refractivity contribution in [3.63, 3.8) is 0 Å². The molecule has 0 bridgehead atoms. The highest BCUT2D eigenvalue weighted by Crippen LogP contribution is 2.16. The van der Waals surface area contributed by atoms with Gasteiger partial charge in [-0.3, -0.25) is 9.59 Å². The van der Waals surface area contributed by atoms with E-state index in [1.54, 1.807) is 0 Å². The van der Waals surface area contributed by atoms with E-state index in [4.69, 9.17) is 5.11 Å². The van der Waals surface area contributed by atoms with E-state index in [-0.39, 0.29) is 18.2 Å². The van der Waals surface area contributed by atoms with Crippen molar-refractivity contribution in [2.24, 2.45) is 17.8 Å². The minimum absolute atomic E-state index is 0.0286. The summed E-state index contributed by atoms with van der Waals surface area (Å²) in [6.45, 7) is 6.59. The number of carbonyl (C=O) groups excluding carboxylic acids is 1. The van der Waals surface area contributed by atoms with E-state index in [0.717, 1.165) is 32.4 Å². The largest absolute Gasteiger partial charge is 0.481 e. The highest BCUT2D eigenvalue weighted by molar-refractivity contribution is 5.76. The number of carboxylic acids is 1. The fourth-order valence-corrected chi connectivity index (χ4v) is 2.84. The zero-order valence-corrected chi connectivity index (χ0v) is 12.7. The lowest BCUT2D eigenvalue weighted by Crippen LogP contribution is -2.36. The molecule has 1 aliphatic heterocycles. The van der Waals surface area contributed by atoms with Gasteiger partial charge in [0.15, 0.2) is 0 Å². The SMILES string of the molecule is CC(C)CC(CNC(=O)CC1CCCNC1)CC(=O)O. The van der Waals surface area contributed by atoms with Crippen molar-refractivity contribution < 1.29 is 14.7 Å². The zero-order chi connectivity index (χ0) is 15.0. The lowest BCUT2D eigenvalue weighted by atomic mass is 9.93. The van der Waals surface area contributed by atoms with Crippen LogP contribution in [0.5, 0.6) is 0 Å². The van der Waals surface area contributed by atoms with Crippen LogP contribution in [0.2, 0.25) is 0 Å². The molecule has 0 aromatic heterocycles. The average Bonchev–Trinajstić information content (AvgIpc) is 2.36. The molecule has 2 unspecified atom stereocenters. The van der Waals surface area contributed by atoms with Gasteiger partial charge in [-0.15, -0.1) is 0 Å². The molecule has 1 aliphatic rings. The van der Waals surface area contributed by atoms with Crippen LogP contribution in [0.4, 0.5) is 0 Å². The summed E-state index contributed by atoms with van der Waals surface area (Å²) < 4.78 is 0. The smallest absolute Gasteiger partial charge is 0.303 e. The fourth-order valence-electron chi connectivity index (χ4n) is 2.84. The van der Waals surface area contributed by atoms with Gasteiger partial charge in [-0.25, -0.2) is 0 Å². The van der Waals surface area contributed by atoms with E-state index in [9.17, 15) is 9.59 Å². The monoisotopic (exact) mass is 284 g/mol. The summed E-state index contributed by atoms with van der Waals surface area (Å²) in [4.78, 5) is 22.7. The Bertz CT molecular complexity index is 312. The van der Waals surface area contributed by atoms with Crippen LogP contribution in [0, 0.1) is 17.8 Å². The Labute approximate surface area is 121 Å². The number of carboxylic acid groups (broad SMARTS) is 1. The molecule has 0 aromatic rings. The molecule has 1 amide bonds. The topological polar surface area (TPSA) is 78.4 Å². The number of carbonyl (C=O) groups is 2. The molecule has 1 saturated heterocycles. The average molecular weight is 284 g/mol. The molecule has 3 N–H and O–H groups in total. The predicted octanol–water partition coefficient (Wildman–Crippen LogP) is 1.63. The Kier molecular flexibility index (Phi) is 7.59. The lowest BCUT2D eigenvalue weighted by Gasteiger charge is -2.23. The summed E-state index contributed by atoms with van der Waals surface area (Å²) >= 11 is 0. The molecule has 0 aliphatic carbocycles. The molecular weight excluding hydrogens is 256 g/mol. The van der Waals surface area contributed by atoms with Crippen molar-refractivity contribution in [1.82, 2.24) is 10.6 Å². The molecule has 1 fully saturated rings. The molecular formula is C15H28N2O3. The van der Waals surface area contributed by atoms with Gasteiger partial charge in [0.05, 0.1) is 0 Å². The first-order valence-corrected chi connectivity index (χ1v) is 7.66. The zero-order valence-electron chi connectivity index (χ0n) is 12.7. The Morgan fingerprint density at radius 3 is 2.70 bits per heavy atom. The molecule has 2 atom stereocenters. The Balaban J connectivity index is 2.29. The van der Waals surface area contributed by atoms with Gasteiger partial charge in [0, 0.05) is 19.4 Å². The summed E-state index contributed by atoms with van der Waals surface area (Å²) in [5, 5.41) is 15.1. The number of aliphatic carboxylic acids is 1. The molecule has 20 heavy (non-hydrogen) atoms. The van der Waals surface area contributed by atoms with E-state index >= 15 is 0 Å². The van der Waals surface area contributed by atoms with Gasteiger partial charge in [-0.05, 0) is 50.1 Å².